The molecule has 1 rings (SSSR count). The molecule has 1 aliphatic heterocycles. The standard InChI is InChI=1S/C9H14O2/c1-3-9(2,10)8-4-6-11-7-5-8/h1,8,10H,4-7H2,2H3. The summed E-state index contributed by atoms with van der Waals surface area (Å²) in [6, 6.07) is 0. The molecule has 1 N–H and O–H groups in total. The molecular weight excluding hydrogens is 140 g/mol. The first-order valence-corrected chi connectivity index (χ1v) is 3.94. The quantitative estimate of drug-likeness (QED) is 0.566. The smallest absolute Gasteiger partial charge is 0.125 e. The van der Waals surface area contributed by atoms with Crippen LogP contribution in [0.4, 0.5) is 0 Å². The maximum absolute atomic E-state index is 9.66. The van der Waals surface area contributed by atoms with E-state index in [1.807, 2.05) is 0 Å². The largest absolute Gasteiger partial charge is 0.381 e. The number of rotatable bonds is 1. The molecule has 0 aromatic rings. The number of terminal acetylenes is 1. The van der Waals surface area contributed by atoms with Gasteiger partial charge in [0.1, 0.15) is 5.60 Å². The van der Waals surface area contributed by atoms with Crippen LogP contribution in [0, 0.1) is 18.3 Å². The van der Waals surface area contributed by atoms with Crippen molar-refractivity contribution in [2.45, 2.75) is 25.4 Å². The summed E-state index contributed by atoms with van der Waals surface area (Å²) in [7, 11) is 0. The summed E-state index contributed by atoms with van der Waals surface area (Å²) in [6.45, 7) is 3.15. The van der Waals surface area contributed by atoms with Crippen LogP contribution in [-0.2, 0) is 4.74 Å². The molecular formula is C9H14O2. The third-order valence-electron chi connectivity index (χ3n) is 2.31. The summed E-state index contributed by atoms with van der Waals surface area (Å²) in [4.78, 5) is 0. The maximum atomic E-state index is 9.66. The van der Waals surface area contributed by atoms with Gasteiger partial charge < -0.3 is 9.84 Å². The molecule has 2 nitrogen and oxygen atoms in total. The van der Waals surface area contributed by atoms with Crippen LogP contribution in [0.5, 0.6) is 0 Å². The van der Waals surface area contributed by atoms with Crippen molar-refractivity contribution in [1.82, 2.24) is 0 Å². The molecule has 0 aliphatic carbocycles. The first-order valence-electron chi connectivity index (χ1n) is 3.94. The van der Waals surface area contributed by atoms with E-state index in [9.17, 15) is 5.11 Å². The van der Waals surface area contributed by atoms with Crippen molar-refractivity contribution < 1.29 is 9.84 Å². The second-order valence-electron chi connectivity index (χ2n) is 3.18. The van der Waals surface area contributed by atoms with Gasteiger partial charge in [-0.15, -0.1) is 6.42 Å². The topological polar surface area (TPSA) is 29.5 Å². The molecule has 0 bridgehead atoms. The third-order valence-corrected chi connectivity index (χ3v) is 2.31. The van der Waals surface area contributed by atoms with Crippen LogP contribution in [0.2, 0.25) is 0 Å². The van der Waals surface area contributed by atoms with Crippen LogP contribution in [0.15, 0.2) is 0 Å². The second kappa shape index (κ2) is 3.25. The van der Waals surface area contributed by atoms with Crippen molar-refractivity contribution in [2.24, 2.45) is 5.92 Å². The molecule has 0 saturated carbocycles. The Balaban J connectivity index is 2.52. The minimum Gasteiger partial charge on any atom is -0.381 e. The van der Waals surface area contributed by atoms with E-state index in [0.717, 1.165) is 26.1 Å². The van der Waals surface area contributed by atoms with Gasteiger partial charge in [-0.2, -0.15) is 0 Å². The van der Waals surface area contributed by atoms with E-state index in [2.05, 4.69) is 5.92 Å². The second-order valence-corrected chi connectivity index (χ2v) is 3.18. The Morgan fingerprint density at radius 3 is 2.55 bits per heavy atom. The summed E-state index contributed by atoms with van der Waals surface area (Å²) in [5.41, 5.74) is -0.941. The molecule has 1 saturated heterocycles. The molecule has 1 fully saturated rings. The van der Waals surface area contributed by atoms with Crippen LogP contribution in [0.3, 0.4) is 0 Å². The zero-order valence-corrected chi connectivity index (χ0v) is 6.84. The van der Waals surface area contributed by atoms with Crippen molar-refractivity contribution in [2.75, 3.05) is 13.2 Å². The van der Waals surface area contributed by atoms with E-state index in [4.69, 9.17) is 11.2 Å². The zero-order valence-electron chi connectivity index (χ0n) is 6.84. The number of aliphatic hydroxyl groups is 1. The number of hydrogen-bond donors (Lipinski definition) is 1. The van der Waals surface area contributed by atoms with Crippen LogP contribution in [0.1, 0.15) is 19.8 Å². The van der Waals surface area contributed by atoms with E-state index in [1.165, 1.54) is 0 Å². The van der Waals surface area contributed by atoms with E-state index >= 15 is 0 Å². The predicted molar refractivity (Wildman–Crippen MR) is 43.0 cm³/mol. The van der Waals surface area contributed by atoms with Gasteiger partial charge in [-0.05, 0) is 19.8 Å². The minimum absolute atomic E-state index is 0.209. The summed E-state index contributed by atoms with van der Waals surface area (Å²) in [5, 5.41) is 9.66. The Labute approximate surface area is 67.6 Å². The van der Waals surface area contributed by atoms with Gasteiger partial charge in [0.25, 0.3) is 0 Å². The fourth-order valence-electron chi connectivity index (χ4n) is 1.38. The molecule has 0 radical (unpaired) electrons. The third kappa shape index (κ3) is 1.95. The average Bonchev–Trinajstić information content (AvgIpc) is 2.06. The molecule has 1 atom stereocenters. The molecule has 1 aliphatic rings. The van der Waals surface area contributed by atoms with Crippen LogP contribution in [-0.4, -0.2) is 23.9 Å². The molecule has 0 spiro atoms. The Morgan fingerprint density at radius 2 is 2.09 bits per heavy atom. The van der Waals surface area contributed by atoms with Gasteiger partial charge >= 0.3 is 0 Å². The molecule has 0 aromatic carbocycles. The van der Waals surface area contributed by atoms with Crippen molar-refractivity contribution in [3.63, 3.8) is 0 Å². The van der Waals surface area contributed by atoms with Crippen molar-refractivity contribution >= 4 is 0 Å². The highest BCUT2D eigenvalue weighted by Gasteiger charge is 2.30. The summed E-state index contributed by atoms with van der Waals surface area (Å²) in [6.07, 6.45) is 6.94. The molecule has 1 unspecified atom stereocenters. The molecule has 11 heavy (non-hydrogen) atoms. The summed E-state index contributed by atoms with van der Waals surface area (Å²) in [5.74, 6) is 2.62. The van der Waals surface area contributed by atoms with Gasteiger partial charge in [-0.1, -0.05) is 5.92 Å². The molecule has 1 heterocycles. The van der Waals surface area contributed by atoms with Crippen molar-refractivity contribution in [1.29, 1.82) is 0 Å². The highest BCUT2D eigenvalue weighted by molar-refractivity contribution is 5.08. The Morgan fingerprint density at radius 1 is 1.55 bits per heavy atom. The van der Waals surface area contributed by atoms with Gasteiger partial charge in [-0.3, -0.25) is 0 Å². The Bertz CT molecular complexity index is 161. The average molecular weight is 154 g/mol. The van der Waals surface area contributed by atoms with Gasteiger partial charge in [0.15, 0.2) is 0 Å². The fraction of sp³-hybridized carbons (Fsp3) is 0.778. The Kier molecular flexibility index (Phi) is 2.53. The van der Waals surface area contributed by atoms with Gasteiger partial charge in [0.05, 0.1) is 0 Å². The lowest BCUT2D eigenvalue weighted by molar-refractivity contribution is -0.0184. The normalized spacial score (nSPS) is 25.5. The van der Waals surface area contributed by atoms with Crippen molar-refractivity contribution in [3.05, 3.63) is 0 Å². The highest BCUT2D eigenvalue weighted by Crippen LogP contribution is 2.26. The lowest BCUT2D eigenvalue weighted by Gasteiger charge is -2.31. The first kappa shape index (κ1) is 8.58. The monoisotopic (exact) mass is 154 g/mol. The van der Waals surface area contributed by atoms with E-state index < -0.39 is 5.60 Å². The fourth-order valence-corrected chi connectivity index (χ4v) is 1.38. The minimum atomic E-state index is -0.941. The summed E-state index contributed by atoms with van der Waals surface area (Å²) >= 11 is 0. The molecule has 2 heteroatoms. The predicted octanol–water partition coefficient (Wildman–Crippen LogP) is 0.797. The van der Waals surface area contributed by atoms with Crippen LogP contribution >= 0.6 is 0 Å². The van der Waals surface area contributed by atoms with E-state index in [-0.39, 0.29) is 5.92 Å². The molecule has 62 valence electrons. The van der Waals surface area contributed by atoms with E-state index in [0.29, 0.717) is 0 Å². The summed E-state index contributed by atoms with van der Waals surface area (Å²) < 4.78 is 5.16. The molecule has 0 amide bonds. The van der Waals surface area contributed by atoms with Crippen molar-refractivity contribution in [3.8, 4) is 12.3 Å². The van der Waals surface area contributed by atoms with Crippen LogP contribution in [0.25, 0.3) is 0 Å². The van der Waals surface area contributed by atoms with Crippen LogP contribution < -0.4 is 0 Å². The maximum Gasteiger partial charge on any atom is 0.125 e. The van der Waals surface area contributed by atoms with Gasteiger partial charge in [0.2, 0.25) is 0 Å². The lowest BCUT2D eigenvalue weighted by Crippen LogP contribution is -2.36. The Hall–Kier alpha value is -0.520. The van der Waals surface area contributed by atoms with E-state index in [1.54, 1.807) is 6.92 Å². The van der Waals surface area contributed by atoms with Gasteiger partial charge in [-0.25, -0.2) is 0 Å². The number of ether oxygens (including phenoxy) is 1. The number of hydrogen-bond acceptors (Lipinski definition) is 2. The highest BCUT2D eigenvalue weighted by atomic mass is 16.5. The SMILES string of the molecule is C#CC(C)(O)C1CCOCC1. The molecule has 0 aromatic heterocycles. The lowest BCUT2D eigenvalue weighted by atomic mass is 9.84. The first-order chi connectivity index (χ1) is 5.17. The van der Waals surface area contributed by atoms with Gasteiger partial charge in [0, 0.05) is 19.1 Å². The zero-order chi connectivity index (χ0) is 8.32.